The first-order valence-corrected chi connectivity index (χ1v) is 7.74. The molecule has 1 heterocycles. The maximum Gasteiger partial charge on any atom is 0.0328 e. The first kappa shape index (κ1) is 13.4. The van der Waals surface area contributed by atoms with Crippen molar-refractivity contribution in [3.63, 3.8) is 0 Å². The molecule has 1 heteroatoms. The Morgan fingerprint density at radius 1 is 1.00 bits per heavy atom. The molecule has 1 N–H and O–H groups in total. The molecule has 0 fully saturated rings. The molecule has 0 saturated carbocycles. The number of hydrogen-bond donors (Lipinski definition) is 1. The third-order valence-corrected chi connectivity index (χ3v) is 4.39. The minimum absolute atomic E-state index is 0.505. The van der Waals surface area contributed by atoms with Crippen LogP contribution in [-0.4, -0.2) is 6.04 Å². The lowest BCUT2D eigenvalue weighted by Gasteiger charge is -2.33. The first-order valence-electron chi connectivity index (χ1n) is 7.74. The number of benzene rings is 2. The lowest BCUT2D eigenvalue weighted by Crippen LogP contribution is -2.39. The van der Waals surface area contributed by atoms with E-state index in [1.165, 1.54) is 36.0 Å². The van der Waals surface area contributed by atoms with Crippen molar-refractivity contribution in [1.82, 2.24) is 5.32 Å². The molecule has 104 valence electrons. The zero-order chi connectivity index (χ0) is 13.8. The second-order valence-electron chi connectivity index (χ2n) is 5.75. The Balaban J connectivity index is 1.75. The van der Waals surface area contributed by atoms with Crippen LogP contribution in [0.15, 0.2) is 54.6 Å². The van der Waals surface area contributed by atoms with E-state index in [1.807, 2.05) is 0 Å². The van der Waals surface area contributed by atoms with Crippen molar-refractivity contribution in [2.75, 3.05) is 0 Å². The molecule has 2 unspecified atom stereocenters. The summed E-state index contributed by atoms with van der Waals surface area (Å²) in [5, 5.41) is 3.83. The van der Waals surface area contributed by atoms with Gasteiger partial charge in [-0.15, -0.1) is 0 Å². The van der Waals surface area contributed by atoms with E-state index in [0.717, 1.165) is 6.42 Å². The third kappa shape index (κ3) is 2.94. The Bertz CT molecular complexity index is 547. The maximum absolute atomic E-state index is 3.83. The number of fused-ring (bicyclic) bond motifs is 1. The minimum Gasteiger partial charge on any atom is -0.307 e. The van der Waals surface area contributed by atoms with Gasteiger partial charge in [0, 0.05) is 12.1 Å². The van der Waals surface area contributed by atoms with E-state index in [2.05, 4.69) is 66.8 Å². The van der Waals surface area contributed by atoms with Crippen LogP contribution in [0.5, 0.6) is 0 Å². The molecule has 0 bridgehead atoms. The van der Waals surface area contributed by atoms with Crippen molar-refractivity contribution in [1.29, 1.82) is 0 Å². The molecule has 3 rings (SSSR count). The lowest BCUT2D eigenvalue weighted by molar-refractivity contribution is 0.378. The highest BCUT2D eigenvalue weighted by atomic mass is 15.0. The van der Waals surface area contributed by atoms with Gasteiger partial charge in [0.25, 0.3) is 0 Å². The average molecular weight is 265 g/mol. The Labute approximate surface area is 122 Å². The van der Waals surface area contributed by atoms with Gasteiger partial charge in [-0.05, 0) is 42.4 Å². The summed E-state index contributed by atoms with van der Waals surface area (Å²) in [6.45, 7) is 2.28. The Kier molecular flexibility index (Phi) is 4.17. The smallest absolute Gasteiger partial charge is 0.0328 e. The minimum atomic E-state index is 0.505. The zero-order valence-corrected chi connectivity index (χ0v) is 12.2. The highest BCUT2D eigenvalue weighted by Gasteiger charge is 2.24. The molecule has 0 amide bonds. The monoisotopic (exact) mass is 265 g/mol. The van der Waals surface area contributed by atoms with Crippen LogP contribution >= 0.6 is 0 Å². The van der Waals surface area contributed by atoms with Crippen molar-refractivity contribution in [3.05, 3.63) is 71.3 Å². The largest absolute Gasteiger partial charge is 0.307 e. The molecule has 2 atom stereocenters. The molecular weight excluding hydrogens is 242 g/mol. The summed E-state index contributed by atoms with van der Waals surface area (Å²) in [7, 11) is 0. The van der Waals surface area contributed by atoms with Crippen LogP contribution in [-0.2, 0) is 12.8 Å². The van der Waals surface area contributed by atoms with Gasteiger partial charge in [-0.25, -0.2) is 0 Å². The normalized spacial score (nSPS) is 21.4. The average Bonchev–Trinajstić information content (AvgIpc) is 2.53. The molecular formula is C19H23N. The first-order chi connectivity index (χ1) is 9.86. The standard InChI is InChI=1S/C19H23N/c1-2-17-14-16-10-6-7-11-18(16)19(20-17)13-12-15-8-4-3-5-9-15/h3-11,17,19-20H,2,12-14H2,1H3. The molecule has 0 aliphatic carbocycles. The van der Waals surface area contributed by atoms with E-state index >= 15 is 0 Å². The molecule has 2 aromatic rings. The van der Waals surface area contributed by atoms with Crippen molar-refractivity contribution in [2.24, 2.45) is 0 Å². The second-order valence-corrected chi connectivity index (χ2v) is 5.75. The molecule has 20 heavy (non-hydrogen) atoms. The van der Waals surface area contributed by atoms with Gasteiger partial charge in [-0.2, -0.15) is 0 Å². The number of aryl methyl sites for hydroxylation is 1. The van der Waals surface area contributed by atoms with Crippen molar-refractivity contribution < 1.29 is 0 Å². The quantitative estimate of drug-likeness (QED) is 0.870. The van der Waals surface area contributed by atoms with Crippen molar-refractivity contribution in [3.8, 4) is 0 Å². The molecule has 0 saturated heterocycles. The Morgan fingerprint density at radius 3 is 2.55 bits per heavy atom. The third-order valence-electron chi connectivity index (χ3n) is 4.39. The summed E-state index contributed by atoms with van der Waals surface area (Å²) in [5.41, 5.74) is 4.48. The van der Waals surface area contributed by atoms with Crippen molar-refractivity contribution in [2.45, 2.75) is 44.7 Å². The fourth-order valence-corrected chi connectivity index (χ4v) is 3.22. The van der Waals surface area contributed by atoms with Gasteiger partial charge in [0.1, 0.15) is 0 Å². The van der Waals surface area contributed by atoms with Crippen LogP contribution in [0, 0.1) is 0 Å². The Morgan fingerprint density at radius 2 is 1.75 bits per heavy atom. The van der Waals surface area contributed by atoms with E-state index < -0.39 is 0 Å². The van der Waals surface area contributed by atoms with Crippen molar-refractivity contribution >= 4 is 0 Å². The van der Waals surface area contributed by atoms with Crippen LogP contribution < -0.4 is 5.32 Å². The van der Waals surface area contributed by atoms with Gasteiger partial charge < -0.3 is 5.32 Å². The summed E-state index contributed by atoms with van der Waals surface area (Å²) < 4.78 is 0. The SMILES string of the molecule is CCC1Cc2ccccc2C(CCc2ccccc2)N1. The highest BCUT2D eigenvalue weighted by molar-refractivity contribution is 5.33. The predicted octanol–water partition coefficient (Wildman–Crippen LogP) is 4.28. The number of rotatable bonds is 4. The van der Waals surface area contributed by atoms with Crippen LogP contribution in [0.25, 0.3) is 0 Å². The van der Waals surface area contributed by atoms with Gasteiger partial charge in [-0.3, -0.25) is 0 Å². The number of hydrogen-bond acceptors (Lipinski definition) is 1. The van der Waals surface area contributed by atoms with Gasteiger partial charge in [-0.1, -0.05) is 61.5 Å². The van der Waals surface area contributed by atoms with Gasteiger partial charge >= 0.3 is 0 Å². The predicted molar refractivity (Wildman–Crippen MR) is 84.9 cm³/mol. The van der Waals surface area contributed by atoms with Gasteiger partial charge in [0.05, 0.1) is 0 Å². The zero-order valence-electron chi connectivity index (χ0n) is 12.2. The van der Waals surface area contributed by atoms with Gasteiger partial charge in [0.2, 0.25) is 0 Å². The maximum atomic E-state index is 3.83. The van der Waals surface area contributed by atoms with E-state index in [4.69, 9.17) is 0 Å². The summed E-state index contributed by atoms with van der Waals surface area (Å²) in [6.07, 6.45) is 4.70. The molecule has 0 spiro atoms. The molecule has 0 aromatic heterocycles. The van der Waals surface area contributed by atoms with Crippen LogP contribution in [0.2, 0.25) is 0 Å². The summed E-state index contributed by atoms with van der Waals surface area (Å²) in [6, 6.07) is 20.9. The lowest BCUT2D eigenvalue weighted by atomic mass is 9.87. The molecule has 1 aliphatic heterocycles. The highest BCUT2D eigenvalue weighted by Crippen LogP contribution is 2.29. The number of nitrogens with one attached hydrogen (secondary N) is 1. The Hall–Kier alpha value is -1.60. The van der Waals surface area contributed by atoms with E-state index in [0.29, 0.717) is 12.1 Å². The summed E-state index contributed by atoms with van der Waals surface area (Å²) >= 11 is 0. The second kappa shape index (κ2) is 6.23. The summed E-state index contributed by atoms with van der Waals surface area (Å²) in [4.78, 5) is 0. The molecule has 2 aromatic carbocycles. The van der Waals surface area contributed by atoms with Crippen LogP contribution in [0.4, 0.5) is 0 Å². The fourth-order valence-electron chi connectivity index (χ4n) is 3.22. The van der Waals surface area contributed by atoms with Gasteiger partial charge in [0.15, 0.2) is 0 Å². The van der Waals surface area contributed by atoms with E-state index in [-0.39, 0.29) is 0 Å². The molecule has 0 radical (unpaired) electrons. The van der Waals surface area contributed by atoms with Crippen LogP contribution in [0.1, 0.15) is 42.5 Å². The summed E-state index contributed by atoms with van der Waals surface area (Å²) in [5.74, 6) is 0. The van der Waals surface area contributed by atoms with Crippen LogP contribution in [0.3, 0.4) is 0 Å². The molecule has 1 aliphatic rings. The van der Waals surface area contributed by atoms with E-state index in [1.54, 1.807) is 0 Å². The topological polar surface area (TPSA) is 12.0 Å². The van der Waals surface area contributed by atoms with E-state index in [9.17, 15) is 0 Å². The molecule has 1 nitrogen and oxygen atoms in total. The fraction of sp³-hybridized carbons (Fsp3) is 0.368.